The first-order chi connectivity index (χ1) is 9.63. The van der Waals surface area contributed by atoms with Gasteiger partial charge in [-0.15, -0.1) is 0 Å². The maximum atomic E-state index is 11.6. The van der Waals surface area contributed by atoms with Gasteiger partial charge in [0.2, 0.25) is 0 Å². The van der Waals surface area contributed by atoms with Gasteiger partial charge in [0, 0.05) is 13.0 Å². The van der Waals surface area contributed by atoms with Crippen LogP contribution in [0.4, 0.5) is 10.5 Å². The molecule has 20 heavy (non-hydrogen) atoms. The molecule has 0 spiro atoms. The Morgan fingerprint density at radius 3 is 2.65 bits per heavy atom. The lowest BCUT2D eigenvalue weighted by Gasteiger charge is -2.08. The molecule has 0 aromatic heterocycles. The van der Waals surface area contributed by atoms with Crippen LogP contribution in [0.15, 0.2) is 24.3 Å². The second kappa shape index (κ2) is 8.53. The minimum Gasteiger partial charge on any atom is -0.481 e. The highest BCUT2D eigenvalue weighted by Crippen LogP contribution is 2.12. The smallest absolute Gasteiger partial charge is 0.319 e. The maximum Gasteiger partial charge on any atom is 0.319 e. The average molecular weight is 275 g/mol. The minimum atomic E-state index is -0.802. The number of rotatable bonds is 7. The molecule has 0 bridgehead atoms. The summed E-state index contributed by atoms with van der Waals surface area (Å²) in [6.45, 7) is 0.472. The largest absolute Gasteiger partial charge is 0.481 e. The fourth-order valence-electron chi connectivity index (χ4n) is 1.64. The van der Waals surface area contributed by atoms with E-state index >= 15 is 0 Å². The number of amides is 2. The summed E-state index contributed by atoms with van der Waals surface area (Å²) in [5.41, 5.74) is 0.877. The molecule has 0 unspecified atom stereocenters. The number of carboxylic acid groups (broad SMARTS) is 1. The van der Waals surface area contributed by atoms with Crippen molar-refractivity contribution in [1.82, 2.24) is 5.32 Å². The number of carbonyl (C=O) groups is 2. The Bertz CT molecular complexity index is 509. The number of para-hydroxylation sites is 1. The lowest BCUT2D eigenvalue weighted by Crippen LogP contribution is -2.29. The average Bonchev–Trinajstić information content (AvgIpc) is 2.43. The number of aliphatic carboxylic acids is 1. The molecule has 6 nitrogen and oxygen atoms in total. The van der Waals surface area contributed by atoms with Crippen molar-refractivity contribution in [3.63, 3.8) is 0 Å². The van der Waals surface area contributed by atoms with Gasteiger partial charge in [0.25, 0.3) is 0 Å². The molecule has 1 aromatic carbocycles. The number of nitrogens with one attached hydrogen (secondary N) is 2. The van der Waals surface area contributed by atoms with E-state index < -0.39 is 5.97 Å². The monoisotopic (exact) mass is 275 g/mol. The van der Waals surface area contributed by atoms with Crippen LogP contribution >= 0.6 is 0 Å². The summed E-state index contributed by atoms with van der Waals surface area (Å²) in [7, 11) is 0. The standard InChI is InChI=1S/C14H17N3O3/c15-10-11-6-3-4-7-12(11)17-14(20)16-9-5-1-2-8-13(18)19/h3-4,6-7H,1-2,5,8-9H2,(H,18,19)(H2,16,17,20). The molecule has 1 rings (SSSR count). The van der Waals surface area contributed by atoms with Crippen LogP contribution in [-0.2, 0) is 4.79 Å². The summed E-state index contributed by atoms with van der Waals surface area (Å²) < 4.78 is 0. The predicted molar refractivity (Wildman–Crippen MR) is 74.3 cm³/mol. The molecule has 1 aromatic rings. The molecule has 0 aliphatic carbocycles. The van der Waals surface area contributed by atoms with Crippen LogP contribution in [-0.4, -0.2) is 23.7 Å². The first kappa shape index (κ1) is 15.5. The zero-order chi connectivity index (χ0) is 14.8. The summed E-state index contributed by atoms with van der Waals surface area (Å²) in [5, 5.41) is 22.6. The van der Waals surface area contributed by atoms with E-state index in [1.807, 2.05) is 6.07 Å². The molecule has 2 amide bonds. The van der Waals surface area contributed by atoms with Crippen molar-refractivity contribution in [2.75, 3.05) is 11.9 Å². The first-order valence-electron chi connectivity index (χ1n) is 6.39. The van der Waals surface area contributed by atoms with E-state index in [1.54, 1.807) is 24.3 Å². The molecule has 0 aliphatic rings. The van der Waals surface area contributed by atoms with Crippen LogP contribution < -0.4 is 10.6 Å². The number of benzene rings is 1. The zero-order valence-corrected chi connectivity index (χ0v) is 11.1. The third-order valence-corrected chi connectivity index (χ3v) is 2.65. The lowest BCUT2D eigenvalue weighted by atomic mass is 10.2. The maximum absolute atomic E-state index is 11.6. The Hall–Kier alpha value is -2.55. The van der Waals surface area contributed by atoms with Crippen LogP contribution in [0.3, 0.4) is 0 Å². The SMILES string of the molecule is N#Cc1ccccc1NC(=O)NCCCCCC(=O)O. The molecule has 0 radical (unpaired) electrons. The Labute approximate surface area is 117 Å². The quantitative estimate of drug-likeness (QED) is 0.664. The summed E-state index contributed by atoms with van der Waals surface area (Å²) in [5.74, 6) is -0.802. The van der Waals surface area contributed by atoms with Crippen LogP contribution in [0.1, 0.15) is 31.2 Å². The summed E-state index contributed by atoms with van der Waals surface area (Å²) in [6, 6.07) is 8.38. The molecule has 0 saturated heterocycles. The van der Waals surface area contributed by atoms with E-state index in [4.69, 9.17) is 10.4 Å². The Morgan fingerprint density at radius 2 is 1.95 bits per heavy atom. The van der Waals surface area contributed by atoms with E-state index in [-0.39, 0.29) is 12.5 Å². The van der Waals surface area contributed by atoms with Gasteiger partial charge in [-0.05, 0) is 25.0 Å². The van der Waals surface area contributed by atoms with Gasteiger partial charge in [0.15, 0.2) is 0 Å². The number of carboxylic acids is 1. The third kappa shape index (κ3) is 5.87. The first-order valence-corrected chi connectivity index (χ1v) is 6.39. The van der Waals surface area contributed by atoms with Crippen LogP contribution in [0, 0.1) is 11.3 Å². The molecule has 0 atom stereocenters. The van der Waals surface area contributed by atoms with Gasteiger partial charge in [-0.1, -0.05) is 18.6 Å². The van der Waals surface area contributed by atoms with Crippen molar-refractivity contribution in [3.05, 3.63) is 29.8 Å². The van der Waals surface area contributed by atoms with Gasteiger partial charge in [0.1, 0.15) is 6.07 Å². The van der Waals surface area contributed by atoms with Gasteiger partial charge in [-0.25, -0.2) is 4.79 Å². The van der Waals surface area contributed by atoms with E-state index in [9.17, 15) is 9.59 Å². The number of nitrogens with zero attached hydrogens (tertiary/aromatic N) is 1. The topological polar surface area (TPSA) is 102 Å². The molecule has 106 valence electrons. The fourth-order valence-corrected chi connectivity index (χ4v) is 1.64. The molecule has 0 aliphatic heterocycles. The van der Waals surface area contributed by atoms with E-state index in [2.05, 4.69) is 10.6 Å². The third-order valence-electron chi connectivity index (χ3n) is 2.65. The van der Waals surface area contributed by atoms with Crippen molar-refractivity contribution in [2.45, 2.75) is 25.7 Å². The van der Waals surface area contributed by atoms with Crippen LogP contribution in [0.25, 0.3) is 0 Å². The summed E-state index contributed by atoms with van der Waals surface area (Å²) in [4.78, 5) is 21.9. The second-order valence-electron chi connectivity index (χ2n) is 4.24. The zero-order valence-electron chi connectivity index (χ0n) is 11.1. The number of carbonyl (C=O) groups excluding carboxylic acids is 1. The van der Waals surface area contributed by atoms with Crippen molar-refractivity contribution in [1.29, 1.82) is 5.26 Å². The molecular weight excluding hydrogens is 258 g/mol. The molecule has 0 heterocycles. The second-order valence-corrected chi connectivity index (χ2v) is 4.24. The highest BCUT2D eigenvalue weighted by atomic mass is 16.4. The number of hydrogen-bond donors (Lipinski definition) is 3. The highest BCUT2D eigenvalue weighted by molar-refractivity contribution is 5.90. The number of nitriles is 1. The molecule has 6 heteroatoms. The summed E-state index contributed by atoms with van der Waals surface area (Å²) in [6.07, 6.45) is 2.24. The molecule has 3 N–H and O–H groups in total. The predicted octanol–water partition coefficient (Wildman–Crippen LogP) is 2.32. The van der Waals surface area contributed by atoms with Crippen molar-refractivity contribution < 1.29 is 14.7 Å². The van der Waals surface area contributed by atoms with Crippen LogP contribution in [0.2, 0.25) is 0 Å². The lowest BCUT2D eigenvalue weighted by molar-refractivity contribution is -0.137. The number of urea groups is 1. The Kier molecular flexibility index (Phi) is 6.62. The van der Waals surface area contributed by atoms with E-state index in [1.165, 1.54) is 0 Å². The number of hydrogen-bond acceptors (Lipinski definition) is 3. The number of unbranched alkanes of at least 4 members (excludes halogenated alkanes) is 2. The van der Waals surface area contributed by atoms with E-state index in [0.29, 0.717) is 24.2 Å². The van der Waals surface area contributed by atoms with Gasteiger partial charge in [0.05, 0.1) is 11.3 Å². The van der Waals surface area contributed by atoms with E-state index in [0.717, 1.165) is 12.8 Å². The Morgan fingerprint density at radius 1 is 1.20 bits per heavy atom. The van der Waals surface area contributed by atoms with Crippen molar-refractivity contribution in [3.8, 4) is 6.07 Å². The normalized spacial score (nSPS) is 9.55. The molecular formula is C14H17N3O3. The van der Waals surface area contributed by atoms with Crippen LogP contribution in [0.5, 0.6) is 0 Å². The molecule has 0 fully saturated rings. The van der Waals surface area contributed by atoms with Gasteiger partial charge in [-0.3, -0.25) is 4.79 Å². The highest BCUT2D eigenvalue weighted by Gasteiger charge is 2.05. The molecule has 0 saturated carbocycles. The minimum absolute atomic E-state index is 0.155. The van der Waals surface area contributed by atoms with Gasteiger partial charge < -0.3 is 15.7 Å². The van der Waals surface area contributed by atoms with Crippen molar-refractivity contribution >= 4 is 17.7 Å². The van der Waals surface area contributed by atoms with Crippen molar-refractivity contribution in [2.24, 2.45) is 0 Å². The van der Waals surface area contributed by atoms with Gasteiger partial charge >= 0.3 is 12.0 Å². The summed E-state index contributed by atoms with van der Waals surface area (Å²) >= 11 is 0. The Balaban J connectivity index is 2.24. The number of anilines is 1. The fraction of sp³-hybridized carbons (Fsp3) is 0.357. The van der Waals surface area contributed by atoms with Gasteiger partial charge in [-0.2, -0.15) is 5.26 Å².